The Labute approximate surface area is 140 Å². The highest BCUT2D eigenvalue weighted by molar-refractivity contribution is 6.29. The van der Waals surface area contributed by atoms with Crippen molar-refractivity contribution >= 4 is 17.5 Å². The number of hydrogen-bond donors (Lipinski definition) is 2. The first-order valence-electron chi connectivity index (χ1n) is 7.30. The molecular weight excluding hydrogens is 316 g/mol. The number of nitrogens with zero attached hydrogens (tertiary/aromatic N) is 1. The summed E-state index contributed by atoms with van der Waals surface area (Å²) in [6.45, 7) is 3.95. The molecule has 1 unspecified atom stereocenters. The second-order valence-electron chi connectivity index (χ2n) is 5.33. The summed E-state index contributed by atoms with van der Waals surface area (Å²) >= 11 is 5.75. The highest BCUT2D eigenvalue weighted by Crippen LogP contribution is 2.20. The van der Waals surface area contributed by atoms with Crippen molar-refractivity contribution in [3.05, 3.63) is 58.9 Å². The van der Waals surface area contributed by atoms with E-state index in [2.05, 4.69) is 10.3 Å². The van der Waals surface area contributed by atoms with Crippen LogP contribution in [0.3, 0.4) is 0 Å². The Kier molecular flexibility index (Phi) is 5.96. The summed E-state index contributed by atoms with van der Waals surface area (Å²) < 4.78 is 5.59. The average molecular weight is 335 g/mol. The Balaban J connectivity index is 1.96. The minimum atomic E-state index is -0.827. The van der Waals surface area contributed by atoms with Gasteiger partial charge >= 0.3 is 0 Å². The molecule has 0 fully saturated rings. The van der Waals surface area contributed by atoms with E-state index in [0.29, 0.717) is 16.9 Å². The highest BCUT2D eigenvalue weighted by Gasteiger charge is 2.12. The van der Waals surface area contributed by atoms with Gasteiger partial charge in [0.25, 0.3) is 5.91 Å². The van der Waals surface area contributed by atoms with Gasteiger partial charge in [0, 0.05) is 18.3 Å². The van der Waals surface area contributed by atoms with Crippen molar-refractivity contribution in [1.29, 1.82) is 0 Å². The number of carbonyl (C=O) groups is 1. The first-order chi connectivity index (χ1) is 11.0. The van der Waals surface area contributed by atoms with Crippen molar-refractivity contribution in [2.24, 2.45) is 0 Å². The molecule has 1 amide bonds. The molecule has 0 saturated heterocycles. The Morgan fingerprint density at radius 3 is 2.83 bits per heavy atom. The zero-order valence-corrected chi connectivity index (χ0v) is 13.7. The normalized spacial score (nSPS) is 12.0. The smallest absolute Gasteiger partial charge is 0.251 e. The molecule has 6 heteroatoms. The fourth-order valence-electron chi connectivity index (χ4n) is 2.02. The zero-order valence-electron chi connectivity index (χ0n) is 13.0. The van der Waals surface area contributed by atoms with Gasteiger partial charge < -0.3 is 15.2 Å². The van der Waals surface area contributed by atoms with E-state index in [1.54, 1.807) is 24.3 Å². The van der Waals surface area contributed by atoms with E-state index in [1.165, 1.54) is 12.3 Å². The van der Waals surface area contributed by atoms with Gasteiger partial charge in [0.2, 0.25) is 0 Å². The van der Waals surface area contributed by atoms with Gasteiger partial charge in [-0.2, -0.15) is 0 Å². The lowest BCUT2D eigenvalue weighted by atomic mass is 10.1. The largest absolute Gasteiger partial charge is 0.491 e. The average Bonchev–Trinajstić information content (AvgIpc) is 2.52. The third kappa shape index (κ3) is 5.23. The van der Waals surface area contributed by atoms with Crippen LogP contribution in [0, 0.1) is 0 Å². The number of rotatable bonds is 6. The number of pyridine rings is 1. The van der Waals surface area contributed by atoms with Crippen LogP contribution in [-0.4, -0.2) is 28.6 Å². The topological polar surface area (TPSA) is 71.5 Å². The molecule has 1 atom stereocenters. The van der Waals surface area contributed by atoms with Crippen LogP contribution in [0.4, 0.5) is 0 Å². The molecule has 2 N–H and O–H groups in total. The third-order valence-corrected chi connectivity index (χ3v) is 3.27. The van der Waals surface area contributed by atoms with E-state index in [-0.39, 0.29) is 23.7 Å². The number of aliphatic hydroxyl groups excluding tert-OH is 1. The SMILES string of the molecule is CC(C)Oc1cccc(C(O)CNC(=O)c2ccnc(Cl)c2)c1. The second kappa shape index (κ2) is 7.94. The summed E-state index contributed by atoms with van der Waals surface area (Å²) in [6.07, 6.45) is 0.686. The van der Waals surface area contributed by atoms with E-state index < -0.39 is 6.10 Å². The van der Waals surface area contributed by atoms with E-state index in [4.69, 9.17) is 16.3 Å². The van der Waals surface area contributed by atoms with E-state index in [0.717, 1.165) is 0 Å². The van der Waals surface area contributed by atoms with Gasteiger partial charge in [-0.05, 0) is 43.7 Å². The Hall–Kier alpha value is -2.11. The molecule has 1 aromatic carbocycles. The van der Waals surface area contributed by atoms with Crippen molar-refractivity contribution in [2.45, 2.75) is 26.1 Å². The van der Waals surface area contributed by atoms with Gasteiger partial charge in [-0.3, -0.25) is 4.79 Å². The molecule has 23 heavy (non-hydrogen) atoms. The number of aromatic nitrogens is 1. The number of benzene rings is 1. The quantitative estimate of drug-likeness (QED) is 0.797. The summed E-state index contributed by atoms with van der Waals surface area (Å²) in [7, 11) is 0. The number of hydrogen-bond acceptors (Lipinski definition) is 4. The minimum absolute atomic E-state index is 0.0542. The number of halogens is 1. The van der Waals surface area contributed by atoms with Gasteiger partial charge in [-0.25, -0.2) is 4.98 Å². The Morgan fingerprint density at radius 2 is 2.13 bits per heavy atom. The van der Waals surface area contributed by atoms with Crippen LogP contribution in [0.25, 0.3) is 0 Å². The van der Waals surface area contributed by atoms with Crippen molar-refractivity contribution in [3.8, 4) is 5.75 Å². The summed E-state index contributed by atoms with van der Waals surface area (Å²) in [4.78, 5) is 15.8. The molecule has 0 aliphatic heterocycles. The van der Waals surface area contributed by atoms with Crippen LogP contribution in [0.1, 0.15) is 35.9 Å². The predicted octanol–water partition coefficient (Wildman–Crippen LogP) is 2.99. The van der Waals surface area contributed by atoms with Gasteiger partial charge in [-0.1, -0.05) is 23.7 Å². The molecule has 0 aliphatic carbocycles. The van der Waals surface area contributed by atoms with Crippen molar-refractivity contribution in [2.75, 3.05) is 6.54 Å². The predicted molar refractivity (Wildman–Crippen MR) is 88.7 cm³/mol. The van der Waals surface area contributed by atoms with E-state index >= 15 is 0 Å². The highest BCUT2D eigenvalue weighted by atomic mass is 35.5. The standard InChI is InChI=1S/C17H19ClN2O3/c1-11(2)23-14-5-3-4-12(8-14)15(21)10-20-17(22)13-6-7-19-16(18)9-13/h3-9,11,15,21H,10H2,1-2H3,(H,20,22). The first-order valence-corrected chi connectivity index (χ1v) is 7.68. The molecular formula is C17H19ClN2O3. The maximum atomic E-state index is 12.0. The molecule has 0 spiro atoms. The molecule has 1 aromatic heterocycles. The van der Waals surface area contributed by atoms with Crippen molar-refractivity contribution in [1.82, 2.24) is 10.3 Å². The number of nitrogens with one attached hydrogen (secondary N) is 1. The van der Waals surface area contributed by atoms with Crippen LogP contribution < -0.4 is 10.1 Å². The summed E-state index contributed by atoms with van der Waals surface area (Å²) in [5.41, 5.74) is 1.07. The zero-order chi connectivity index (χ0) is 16.8. The molecule has 2 rings (SSSR count). The number of ether oxygens (including phenoxy) is 1. The van der Waals surface area contributed by atoms with Crippen molar-refractivity contribution < 1.29 is 14.6 Å². The number of carbonyl (C=O) groups excluding carboxylic acids is 1. The number of aliphatic hydroxyl groups is 1. The summed E-state index contributed by atoms with van der Waals surface area (Å²) in [6, 6.07) is 10.2. The van der Waals surface area contributed by atoms with Crippen LogP contribution in [0.5, 0.6) is 5.75 Å². The minimum Gasteiger partial charge on any atom is -0.491 e. The maximum absolute atomic E-state index is 12.0. The molecule has 5 nitrogen and oxygen atoms in total. The van der Waals surface area contributed by atoms with Gasteiger partial charge in [-0.15, -0.1) is 0 Å². The maximum Gasteiger partial charge on any atom is 0.251 e. The lowest BCUT2D eigenvalue weighted by Gasteiger charge is -2.15. The third-order valence-electron chi connectivity index (χ3n) is 3.06. The Bertz CT molecular complexity index is 676. The van der Waals surface area contributed by atoms with E-state index in [9.17, 15) is 9.90 Å². The van der Waals surface area contributed by atoms with Gasteiger partial charge in [0.05, 0.1) is 12.2 Å². The van der Waals surface area contributed by atoms with Crippen LogP contribution in [0.2, 0.25) is 5.15 Å². The molecule has 0 saturated carbocycles. The molecule has 0 radical (unpaired) electrons. The van der Waals surface area contributed by atoms with Crippen molar-refractivity contribution in [3.63, 3.8) is 0 Å². The molecule has 0 aliphatic rings. The van der Waals surface area contributed by atoms with Crippen LogP contribution >= 0.6 is 11.6 Å². The fraction of sp³-hybridized carbons (Fsp3) is 0.294. The molecule has 1 heterocycles. The van der Waals surface area contributed by atoms with Gasteiger partial charge in [0.15, 0.2) is 0 Å². The van der Waals surface area contributed by atoms with Crippen LogP contribution in [0.15, 0.2) is 42.6 Å². The second-order valence-corrected chi connectivity index (χ2v) is 5.72. The molecule has 2 aromatic rings. The fourth-order valence-corrected chi connectivity index (χ4v) is 2.19. The lowest BCUT2D eigenvalue weighted by Crippen LogP contribution is -2.28. The van der Waals surface area contributed by atoms with E-state index in [1.807, 2.05) is 19.9 Å². The number of amides is 1. The first kappa shape index (κ1) is 17.2. The molecule has 0 bridgehead atoms. The Morgan fingerprint density at radius 1 is 1.35 bits per heavy atom. The summed E-state index contributed by atoms with van der Waals surface area (Å²) in [5, 5.41) is 13.1. The monoisotopic (exact) mass is 334 g/mol. The summed E-state index contributed by atoms with van der Waals surface area (Å²) in [5.74, 6) is 0.367. The lowest BCUT2D eigenvalue weighted by molar-refractivity contribution is 0.0916. The van der Waals surface area contributed by atoms with Crippen LogP contribution in [-0.2, 0) is 0 Å². The van der Waals surface area contributed by atoms with Gasteiger partial charge in [0.1, 0.15) is 10.9 Å². The molecule has 122 valence electrons.